The molecular weight excluding hydrogens is 360 g/mol. The number of ether oxygens (including phenoxy) is 2. The SMILES string of the molecule is COC(=O)C1CCC(NC(=O)[C@H]2OCC(=O)N(C)[C@@H]2c2ccccc2C)CC1. The first kappa shape index (κ1) is 20.3. The summed E-state index contributed by atoms with van der Waals surface area (Å²) in [7, 11) is 3.11. The highest BCUT2D eigenvalue weighted by atomic mass is 16.5. The number of likely N-dealkylation sites (N-methyl/N-ethyl adjacent to an activating group) is 1. The van der Waals surface area contributed by atoms with Crippen molar-refractivity contribution < 1.29 is 23.9 Å². The van der Waals surface area contributed by atoms with Crippen molar-refractivity contribution in [3.05, 3.63) is 35.4 Å². The van der Waals surface area contributed by atoms with Crippen LogP contribution in [0.5, 0.6) is 0 Å². The number of amides is 2. The quantitative estimate of drug-likeness (QED) is 0.795. The molecular formula is C21H28N2O5. The molecule has 1 aliphatic heterocycles. The van der Waals surface area contributed by atoms with Crippen LogP contribution in [0.25, 0.3) is 0 Å². The molecule has 1 heterocycles. The first-order valence-electron chi connectivity index (χ1n) is 9.73. The zero-order valence-electron chi connectivity index (χ0n) is 16.6. The second-order valence-electron chi connectivity index (χ2n) is 7.62. The third-order valence-electron chi connectivity index (χ3n) is 5.86. The number of morpholine rings is 1. The van der Waals surface area contributed by atoms with Gasteiger partial charge in [0.05, 0.1) is 19.1 Å². The van der Waals surface area contributed by atoms with Gasteiger partial charge in [-0.1, -0.05) is 24.3 Å². The number of carbonyl (C=O) groups excluding carboxylic acids is 3. The van der Waals surface area contributed by atoms with E-state index in [-0.39, 0.29) is 36.4 Å². The van der Waals surface area contributed by atoms with Crippen LogP contribution in [0.3, 0.4) is 0 Å². The minimum absolute atomic E-state index is 0.00235. The van der Waals surface area contributed by atoms with Gasteiger partial charge >= 0.3 is 5.97 Å². The summed E-state index contributed by atoms with van der Waals surface area (Å²) in [5.74, 6) is -0.627. The van der Waals surface area contributed by atoms with Crippen LogP contribution in [0.1, 0.15) is 42.9 Å². The highest BCUT2D eigenvalue weighted by Gasteiger charge is 2.41. The molecule has 1 aliphatic carbocycles. The molecule has 2 fully saturated rings. The number of rotatable bonds is 4. The number of hydrogen-bond donors (Lipinski definition) is 1. The molecule has 1 saturated heterocycles. The normalized spacial score (nSPS) is 28.0. The lowest BCUT2D eigenvalue weighted by molar-refractivity contribution is -0.162. The average molecular weight is 388 g/mol. The monoisotopic (exact) mass is 388 g/mol. The summed E-state index contributed by atoms with van der Waals surface area (Å²) in [6.45, 7) is 1.86. The highest BCUT2D eigenvalue weighted by molar-refractivity contribution is 5.86. The highest BCUT2D eigenvalue weighted by Crippen LogP contribution is 2.32. The standard InChI is InChI=1S/C21H28N2O5/c1-13-6-4-5-7-16(13)18-19(28-12-17(24)23(18)2)20(25)22-15-10-8-14(9-11-15)21(26)27-3/h4-7,14-15,18-19H,8-12H2,1-3H3,(H,22,25)/t14?,15?,18-,19+/m1/s1. The number of carbonyl (C=O) groups is 3. The van der Waals surface area contributed by atoms with Crippen molar-refractivity contribution in [2.24, 2.45) is 5.92 Å². The summed E-state index contributed by atoms with van der Waals surface area (Å²) in [6.07, 6.45) is 2.08. The lowest BCUT2D eigenvalue weighted by Gasteiger charge is -2.39. The largest absolute Gasteiger partial charge is 0.469 e. The third-order valence-corrected chi connectivity index (χ3v) is 5.86. The second-order valence-corrected chi connectivity index (χ2v) is 7.62. The summed E-state index contributed by atoms with van der Waals surface area (Å²) >= 11 is 0. The van der Waals surface area contributed by atoms with Gasteiger partial charge in [0.1, 0.15) is 6.61 Å². The fraction of sp³-hybridized carbons (Fsp3) is 0.571. The maximum absolute atomic E-state index is 13.0. The van der Waals surface area contributed by atoms with Crippen LogP contribution in [0, 0.1) is 12.8 Å². The molecule has 0 unspecified atom stereocenters. The van der Waals surface area contributed by atoms with E-state index in [0.717, 1.165) is 24.0 Å². The molecule has 0 radical (unpaired) electrons. The number of hydrogen-bond acceptors (Lipinski definition) is 5. The van der Waals surface area contributed by atoms with Crippen molar-refractivity contribution in [1.29, 1.82) is 0 Å². The summed E-state index contributed by atoms with van der Waals surface area (Å²) in [5.41, 5.74) is 1.92. The van der Waals surface area contributed by atoms with E-state index < -0.39 is 12.1 Å². The molecule has 28 heavy (non-hydrogen) atoms. The number of methoxy groups -OCH3 is 1. The van der Waals surface area contributed by atoms with E-state index in [1.807, 2.05) is 31.2 Å². The van der Waals surface area contributed by atoms with E-state index in [1.165, 1.54) is 7.11 Å². The van der Waals surface area contributed by atoms with Gasteiger partial charge in [-0.05, 0) is 43.7 Å². The minimum Gasteiger partial charge on any atom is -0.469 e. The molecule has 2 amide bonds. The fourth-order valence-corrected chi connectivity index (χ4v) is 4.15. The van der Waals surface area contributed by atoms with Crippen LogP contribution in [-0.2, 0) is 23.9 Å². The van der Waals surface area contributed by atoms with Crippen molar-refractivity contribution in [1.82, 2.24) is 10.2 Å². The molecule has 3 rings (SSSR count). The Kier molecular flexibility index (Phi) is 6.34. The average Bonchev–Trinajstić information content (AvgIpc) is 2.70. The van der Waals surface area contributed by atoms with E-state index >= 15 is 0 Å². The minimum atomic E-state index is -0.762. The molecule has 7 nitrogen and oxygen atoms in total. The van der Waals surface area contributed by atoms with Crippen LogP contribution in [0.4, 0.5) is 0 Å². The van der Waals surface area contributed by atoms with Gasteiger partial charge in [0.25, 0.3) is 5.91 Å². The lowest BCUT2D eigenvalue weighted by atomic mass is 9.85. The van der Waals surface area contributed by atoms with Crippen molar-refractivity contribution in [3.63, 3.8) is 0 Å². The van der Waals surface area contributed by atoms with Crippen LogP contribution in [0.2, 0.25) is 0 Å². The van der Waals surface area contributed by atoms with Crippen molar-refractivity contribution in [2.75, 3.05) is 20.8 Å². The molecule has 0 bridgehead atoms. The van der Waals surface area contributed by atoms with E-state index in [1.54, 1.807) is 11.9 Å². The number of benzene rings is 1. The molecule has 0 spiro atoms. The Labute approximate surface area is 165 Å². The molecule has 1 aromatic rings. The van der Waals surface area contributed by atoms with Crippen molar-refractivity contribution in [3.8, 4) is 0 Å². The number of nitrogens with zero attached hydrogens (tertiary/aromatic N) is 1. The zero-order valence-corrected chi connectivity index (χ0v) is 16.6. The predicted octanol–water partition coefficient (Wildman–Crippen LogP) is 1.74. The zero-order chi connectivity index (χ0) is 20.3. The second kappa shape index (κ2) is 8.73. The van der Waals surface area contributed by atoms with Gasteiger partial charge in [0.15, 0.2) is 6.10 Å². The Morgan fingerprint density at radius 1 is 1.18 bits per heavy atom. The Morgan fingerprint density at radius 3 is 2.50 bits per heavy atom. The predicted molar refractivity (Wildman–Crippen MR) is 102 cm³/mol. The number of aryl methyl sites for hydroxylation is 1. The number of nitrogens with one attached hydrogen (secondary N) is 1. The topological polar surface area (TPSA) is 84.9 Å². The smallest absolute Gasteiger partial charge is 0.308 e. The summed E-state index contributed by atoms with van der Waals surface area (Å²) in [6, 6.07) is 7.26. The third kappa shape index (κ3) is 4.19. The Balaban J connectivity index is 1.70. The van der Waals surface area contributed by atoms with Gasteiger partial charge in [0, 0.05) is 13.1 Å². The lowest BCUT2D eigenvalue weighted by Crippen LogP contribution is -2.54. The van der Waals surface area contributed by atoms with Gasteiger partial charge < -0.3 is 19.7 Å². The number of esters is 1. The molecule has 152 valence electrons. The van der Waals surface area contributed by atoms with Gasteiger partial charge in [-0.15, -0.1) is 0 Å². The summed E-state index contributed by atoms with van der Waals surface area (Å²) in [5, 5.41) is 3.07. The summed E-state index contributed by atoms with van der Waals surface area (Å²) in [4.78, 5) is 38.5. The van der Waals surface area contributed by atoms with Crippen LogP contribution in [-0.4, -0.2) is 55.6 Å². The van der Waals surface area contributed by atoms with Crippen molar-refractivity contribution in [2.45, 2.75) is 50.8 Å². The molecule has 7 heteroatoms. The molecule has 0 aromatic heterocycles. The molecule has 1 aromatic carbocycles. The van der Waals surface area contributed by atoms with Gasteiger partial charge in [-0.3, -0.25) is 14.4 Å². The molecule has 2 aliphatic rings. The van der Waals surface area contributed by atoms with Gasteiger partial charge in [-0.2, -0.15) is 0 Å². The van der Waals surface area contributed by atoms with E-state index in [2.05, 4.69) is 5.32 Å². The Bertz CT molecular complexity index is 742. The molecule has 1 saturated carbocycles. The maximum atomic E-state index is 13.0. The maximum Gasteiger partial charge on any atom is 0.308 e. The van der Waals surface area contributed by atoms with E-state index in [0.29, 0.717) is 12.8 Å². The van der Waals surface area contributed by atoms with Crippen LogP contribution < -0.4 is 5.32 Å². The molecule has 2 atom stereocenters. The fourth-order valence-electron chi connectivity index (χ4n) is 4.15. The van der Waals surface area contributed by atoms with Crippen molar-refractivity contribution >= 4 is 17.8 Å². The first-order chi connectivity index (χ1) is 13.4. The van der Waals surface area contributed by atoms with Gasteiger partial charge in [-0.25, -0.2) is 0 Å². The van der Waals surface area contributed by atoms with E-state index in [4.69, 9.17) is 9.47 Å². The Morgan fingerprint density at radius 2 is 1.86 bits per heavy atom. The molecule has 1 N–H and O–H groups in total. The Hall–Kier alpha value is -2.41. The first-order valence-corrected chi connectivity index (χ1v) is 9.73. The van der Waals surface area contributed by atoms with Crippen LogP contribution in [0.15, 0.2) is 24.3 Å². The van der Waals surface area contributed by atoms with E-state index in [9.17, 15) is 14.4 Å². The van der Waals surface area contributed by atoms with Crippen LogP contribution >= 0.6 is 0 Å². The van der Waals surface area contributed by atoms with Gasteiger partial charge in [0.2, 0.25) is 5.91 Å². The summed E-state index contributed by atoms with van der Waals surface area (Å²) < 4.78 is 10.5.